The SMILES string of the molecule is C=CCOc1c(C)ccc(N(c2ccc(N3C(=O)CC(C)C3=O)cc2)c2ccc(C)c(OCC=C)c2C)c1C. The third kappa shape index (κ3) is 5.32. The molecule has 202 valence electrons. The Bertz CT molecular complexity index is 1360. The Morgan fingerprint density at radius 3 is 1.72 bits per heavy atom. The number of hydrogen-bond donors (Lipinski definition) is 0. The van der Waals surface area contributed by atoms with E-state index in [2.05, 4.69) is 30.2 Å². The van der Waals surface area contributed by atoms with Gasteiger partial charge in [0.05, 0.1) is 17.1 Å². The molecule has 0 saturated carbocycles. The number of benzene rings is 3. The van der Waals surface area contributed by atoms with E-state index >= 15 is 0 Å². The molecule has 6 nitrogen and oxygen atoms in total. The number of aryl methyl sites for hydroxylation is 2. The number of ether oxygens (including phenoxy) is 2. The largest absolute Gasteiger partial charge is 0.489 e. The molecule has 3 aromatic rings. The van der Waals surface area contributed by atoms with E-state index in [1.54, 1.807) is 19.1 Å². The van der Waals surface area contributed by atoms with Crippen LogP contribution in [-0.2, 0) is 9.59 Å². The average Bonchev–Trinajstić information content (AvgIpc) is 3.17. The molecule has 39 heavy (non-hydrogen) atoms. The molecule has 2 amide bonds. The number of carbonyl (C=O) groups excluding carboxylic acids is 2. The lowest BCUT2D eigenvalue weighted by atomic mass is 10.0. The average molecular weight is 525 g/mol. The van der Waals surface area contributed by atoms with Gasteiger partial charge in [0, 0.05) is 29.2 Å². The van der Waals surface area contributed by atoms with E-state index in [0.717, 1.165) is 50.8 Å². The highest BCUT2D eigenvalue weighted by Crippen LogP contribution is 2.44. The van der Waals surface area contributed by atoms with Gasteiger partial charge in [0.25, 0.3) is 0 Å². The van der Waals surface area contributed by atoms with Gasteiger partial charge in [-0.05, 0) is 75.2 Å². The van der Waals surface area contributed by atoms with E-state index in [4.69, 9.17) is 9.47 Å². The fourth-order valence-electron chi connectivity index (χ4n) is 5.06. The van der Waals surface area contributed by atoms with E-state index < -0.39 is 0 Å². The normalized spacial score (nSPS) is 14.9. The second kappa shape index (κ2) is 11.6. The highest BCUT2D eigenvalue weighted by atomic mass is 16.5. The van der Waals surface area contributed by atoms with Crippen LogP contribution in [0, 0.1) is 33.6 Å². The molecule has 0 aromatic heterocycles. The van der Waals surface area contributed by atoms with E-state index in [-0.39, 0.29) is 24.2 Å². The zero-order valence-electron chi connectivity index (χ0n) is 23.4. The number of hydrogen-bond acceptors (Lipinski definition) is 5. The molecule has 0 aliphatic carbocycles. The molecule has 3 aromatic carbocycles. The molecule has 1 fully saturated rings. The van der Waals surface area contributed by atoms with Crippen molar-refractivity contribution in [2.45, 2.75) is 41.0 Å². The fourth-order valence-corrected chi connectivity index (χ4v) is 5.06. The molecule has 4 rings (SSSR count). The van der Waals surface area contributed by atoms with Crippen LogP contribution in [-0.4, -0.2) is 25.0 Å². The van der Waals surface area contributed by atoms with Crippen LogP contribution in [0.2, 0.25) is 0 Å². The Kier molecular flexibility index (Phi) is 8.24. The van der Waals surface area contributed by atoms with Crippen molar-refractivity contribution < 1.29 is 19.1 Å². The Hall–Kier alpha value is -4.32. The third-order valence-electron chi connectivity index (χ3n) is 7.06. The molecule has 1 heterocycles. The summed E-state index contributed by atoms with van der Waals surface area (Å²) in [4.78, 5) is 28.6. The van der Waals surface area contributed by atoms with Gasteiger partial charge < -0.3 is 14.4 Å². The molecular weight excluding hydrogens is 488 g/mol. The van der Waals surface area contributed by atoms with Crippen molar-refractivity contribution in [2.75, 3.05) is 23.0 Å². The van der Waals surface area contributed by atoms with Crippen molar-refractivity contribution in [3.8, 4) is 11.5 Å². The summed E-state index contributed by atoms with van der Waals surface area (Å²) in [5, 5.41) is 0. The van der Waals surface area contributed by atoms with Crippen LogP contribution in [0.3, 0.4) is 0 Å². The Morgan fingerprint density at radius 1 is 0.821 bits per heavy atom. The van der Waals surface area contributed by atoms with Crippen LogP contribution in [0.1, 0.15) is 35.6 Å². The van der Waals surface area contributed by atoms with Gasteiger partial charge in [-0.2, -0.15) is 0 Å². The van der Waals surface area contributed by atoms with Gasteiger partial charge in [0.15, 0.2) is 0 Å². The summed E-state index contributed by atoms with van der Waals surface area (Å²) in [6.07, 6.45) is 3.70. The van der Waals surface area contributed by atoms with Gasteiger partial charge >= 0.3 is 0 Å². The highest BCUT2D eigenvalue weighted by Gasteiger charge is 2.36. The van der Waals surface area contributed by atoms with Gasteiger partial charge in [0.1, 0.15) is 24.7 Å². The lowest BCUT2D eigenvalue weighted by Gasteiger charge is -2.31. The first-order chi connectivity index (χ1) is 18.7. The fraction of sp³-hybridized carbons (Fsp3) is 0.273. The molecule has 6 heteroatoms. The predicted octanol–water partition coefficient (Wildman–Crippen LogP) is 7.42. The lowest BCUT2D eigenvalue weighted by Crippen LogP contribution is -2.29. The quantitative estimate of drug-likeness (QED) is 0.204. The summed E-state index contributed by atoms with van der Waals surface area (Å²) in [7, 11) is 0. The van der Waals surface area contributed by atoms with Crippen LogP contribution in [0.4, 0.5) is 22.7 Å². The van der Waals surface area contributed by atoms with Crippen LogP contribution >= 0.6 is 0 Å². The third-order valence-corrected chi connectivity index (χ3v) is 7.06. The first kappa shape index (κ1) is 27.7. The van der Waals surface area contributed by atoms with Gasteiger partial charge in [-0.1, -0.05) is 44.4 Å². The molecular formula is C33H36N2O4. The van der Waals surface area contributed by atoms with Crippen molar-refractivity contribution in [1.82, 2.24) is 0 Å². The minimum atomic E-state index is -0.304. The van der Waals surface area contributed by atoms with Gasteiger partial charge in [0.2, 0.25) is 11.8 Å². The van der Waals surface area contributed by atoms with E-state index in [1.807, 2.05) is 64.1 Å². The maximum absolute atomic E-state index is 12.6. The van der Waals surface area contributed by atoms with Gasteiger partial charge in [-0.25, -0.2) is 0 Å². The zero-order valence-corrected chi connectivity index (χ0v) is 23.4. The summed E-state index contributed by atoms with van der Waals surface area (Å²) in [5.41, 5.74) is 7.35. The standard InChI is InChI=1S/C33H36N2O4/c1-8-18-38-31-21(3)10-16-28(24(31)6)34(29-17-11-22(4)32(25(29)7)39-19-9-2)26-12-14-27(15-13-26)35-30(36)20-23(5)33(35)37/h8-17,23H,1-2,18-20H2,3-7H3. The summed E-state index contributed by atoms with van der Waals surface area (Å²) in [6, 6.07) is 15.8. The second-order valence-electron chi connectivity index (χ2n) is 9.94. The molecule has 1 unspecified atom stereocenters. The number of rotatable bonds is 10. The minimum absolute atomic E-state index is 0.165. The number of carbonyl (C=O) groups is 2. The van der Waals surface area contributed by atoms with Gasteiger partial charge in [-0.3, -0.25) is 14.5 Å². The van der Waals surface area contributed by atoms with Crippen LogP contribution in [0.5, 0.6) is 11.5 Å². The lowest BCUT2D eigenvalue weighted by molar-refractivity contribution is -0.122. The molecule has 0 bridgehead atoms. The molecule has 1 aliphatic rings. The molecule has 0 radical (unpaired) electrons. The molecule has 0 N–H and O–H groups in total. The van der Waals surface area contributed by atoms with Crippen molar-refractivity contribution in [3.63, 3.8) is 0 Å². The number of nitrogens with zero attached hydrogens (tertiary/aromatic N) is 2. The Balaban J connectivity index is 1.88. The molecule has 1 saturated heterocycles. The topological polar surface area (TPSA) is 59.1 Å². The van der Waals surface area contributed by atoms with Crippen LogP contribution < -0.4 is 19.3 Å². The second-order valence-corrected chi connectivity index (χ2v) is 9.94. The first-order valence-electron chi connectivity index (χ1n) is 13.1. The van der Waals surface area contributed by atoms with E-state index in [1.165, 1.54) is 4.90 Å². The summed E-state index contributed by atoms with van der Waals surface area (Å²) in [5.74, 6) is 0.977. The van der Waals surface area contributed by atoms with Crippen LogP contribution in [0.25, 0.3) is 0 Å². The van der Waals surface area contributed by atoms with Crippen molar-refractivity contribution in [2.24, 2.45) is 5.92 Å². The zero-order chi connectivity index (χ0) is 28.3. The van der Waals surface area contributed by atoms with E-state index in [0.29, 0.717) is 18.9 Å². The highest BCUT2D eigenvalue weighted by molar-refractivity contribution is 6.20. The molecule has 1 aliphatic heterocycles. The summed E-state index contributed by atoms with van der Waals surface area (Å²) >= 11 is 0. The number of amides is 2. The van der Waals surface area contributed by atoms with Crippen molar-refractivity contribution in [1.29, 1.82) is 0 Å². The van der Waals surface area contributed by atoms with Crippen molar-refractivity contribution >= 4 is 34.6 Å². The molecule has 0 spiro atoms. The predicted molar refractivity (Wildman–Crippen MR) is 158 cm³/mol. The van der Waals surface area contributed by atoms with Crippen molar-refractivity contribution in [3.05, 3.63) is 96.1 Å². The smallest absolute Gasteiger partial charge is 0.237 e. The summed E-state index contributed by atoms with van der Waals surface area (Å²) < 4.78 is 12.1. The monoisotopic (exact) mass is 524 g/mol. The minimum Gasteiger partial charge on any atom is -0.489 e. The maximum atomic E-state index is 12.6. The maximum Gasteiger partial charge on any atom is 0.237 e. The number of anilines is 4. The molecule has 1 atom stereocenters. The van der Waals surface area contributed by atoms with Gasteiger partial charge in [-0.15, -0.1) is 0 Å². The first-order valence-corrected chi connectivity index (χ1v) is 13.1. The van der Waals surface area contributed by atoms with E-state index in [9.17, 15) is 9.59 Å². The number of imide groups is 1. The Labute approximate surface area is 231 Å². The van der Waals surface area contributed by atoms with Crippen LogP contribution in [0.15, 0.2) is 73.8 Å². The summed E-state index contributed by atoms with van der Waals surface area (Å²) in [6.45, 7) is 18.3. The Morgan fingerprint density at radius 2 is 1.31 bits per heavy atom.